The highest BCUT2D eigenvalue weighted by atomic mass is 16.5. The van der Waals surface area contributed by atoms with Crippen LogP contribution < -0.4 is 15.8 Å². The molecule has 0 aromatic carbocycles. The van der Waals surface area contributed by atoms with Crippen molar-refractivity contribution in [2.45, 2.75) is 44.2 Å². The molecule has 2 rings (SSSR count). The molecule has 0 radical (unpaired) electrons. The molecule has 2 atom stereocenters. The van der Waals surface area contributed by atoms with Crippen LogP contribution in [0.3, 0.4) is 0 Å². The third kappa shape index (κ3) is 3.44. The first-order valence-corrected chi connectivity index (χ1v) is 6.77. The summed E-state index contributed by atoms with van der Waals surface area (Å²) < 4.78 is 5.15. The predicted octanol–water partition coefficient (Wildman–Crippen LogP) is 1.48. The maximum absolute atomic E-state index is 12.3. The number of nitrogens with one attached hydrogen (secondary N) is 1. The van der Waals surface area contributed by atoms with Crippen molar-refractivity contribution >= 4 is 5.91 Å². The number of carbonyl (C=O) groups is 1. The number of hydrogen-bond donors (Lipinski definition) is 2. The maximum atomic E-state index is 12.3. The average molecular weight is 263 g/mol. The minimum absolute atomic E-state index is 0.0410. The van der Waals surface area contributed by atoms with Crippen LogP contribution in [-0.2, 0) is 0 Å². The van der Waals surface area contributed by atoms with E-state index in [-0.39, 0.29) is 18.0 Å². The van der Waals surface area contributed by atoms with Crippen LogP contribution in [0.2, 0.25) is 0 Å². The Hall–Kier alpha value is -1.62. The van der Waals surface area contributed by atoms with E-state index in [4.69, 9.17) is 10.5 Å². The fourth-order valence-electron chi connectivity index (χ4n) is 2.49. The summed E-state index contributed by atoms with van der Waals surface area (Å²) in [5, 5.41) is 3.03. The van der Waals surface area contributed by atoms with E-state index < -0.39 is 0 Å². The minimum Gasteiger partial charge on any atom is -0.494 e. The molecule has 1 heterocycles. The first-order chi connectivity index (χ1) is 9.22. The van der Waals surface area contributed by atoms with Crippen molar-refractivity contribution < 1.29 is 9.53 Å². The van der Waals surface area contributed by atoms with Gasteiger partial charge in [-0.15, -0.1) is 0 Å². The quantitative estimate of drug-likeness (QED) is 0.810. The van der Waals surface area contributed by atoms with E-state index in [0.29, 0.717) is 11.3 Å². The second-order valence-electron chi connectivity index (χ2n) is 4.96. The third-order valence-corrected chi connectivity index (χ3v) is 3.63. The summed E-state index contributed by atoms with van der Waals surface area (Å²) in [5.74, 6) is 0.351. The molecule has 5 heteroatoms. The molecule has 0 saturated heterocycles. The molecule has 1 aliphatic rings. The highest BCUT2D eigenvalue weighted by molar-refractivity contribution is 5.96. The Labute approximate surface area is 113 Å². The number of amides is 1. The van der Waals surface area contributed by atoms with Gasteiger partial charge in [-0.2, -0.15) is 0 Å². The molecule has 0 spiro atoms. The topological polar surface area (TPSA) is 77.2 Å². The van der Waals surface area contributed by atoms with Gasteiger partial charge < -0.3 is 15.8 Å². The van der Waals surface area contributed by atoms with E-state index in [1.807, 2.05) is 0 Å². The van der Waals surface area contributed by atoms with Crippen molar-refractivity contribution in [2.24, 2.45) is 5.73 Å². The minimum atomic E-state index is -0.137. The van der Waals surface area contributed by atoms with Crippen LogP contribution in [0.25, 0.3) is 0 Å². The molecule has 104 valence electrons. The molecule has 1 amide bonds. The summed E-state index contributed by atoms with van der Waals surface area (Å²) in [6.07, 6.45) is 8.50. The van der Waals surface area contributed by atoms with Crippen molar-refractivity contribution in [2.75, 3.05) is 7.11 Å². The summed E-state index contributed by atoms with van der Waals surface area (Å²) in [7, 11) is 1.53. The molecule has 1 saturated carbocycles. The van der Waals surface area contributed by atoms with Gasteiger partial charge in [-0.05, 0) is 18.9 Å². The molecule has 5 nitrogen and oxygen atoms in total. The number of hydrogen-bond acceptors (Lipinski definition) is 4. The summed E-state index contributed by atoms with van der Waals surface area (Å²) in [4.78, 5) is 16.2. The number of aromatic nitrogens is 1. The molecule has 3 N–H and O–H groups in total. The Kier molecular flexibility index (Phi) is 4.74. The normalized spacial score (nSPS) is 23.5. The van der Waals surface area contributed by atoms with Crippen molar-refractivity contribution in [3.63, 3.8) is 0 Å². The van der Waals surface area contributed by atoms with Gasteiger partial charge in [0.25, 0.3) is 5.91 Å². The molecule has 19 heavy (non-hydrogen) atoms. The molecule has 0 aliphatic heterocycles. The monoisotopic (exact) mass is 263 g/mol. The first kappa shape index (κ1) is 13.8. The van der Waals surface area contributed by atoms with E-state index in [0.717, 1.165) is 25.7 Å². The molecule has 1 aromatic heterocycles. The standard InChI is InChI=1S/C14H21N3O2/c1-19-13-9-16-8-7-10(13)14(18)17-12-6-4-2-3-5-11(12)15/h7-9,11-12H,2-6,15H2,1H3,(H,17,18). The second-order valence-corrected chi connectivity index (χ2v) is 4.96. The molecule has 1 fully saturated rings. The van der Waals surface area contributed by atoms with Crippen molar-refractivity contribution in [3.05, 3.63) is 24.0 Å². The smallest absolute Gasteiger partial charge is 0.255 e. The van der Waals surface area contributed by atoms with E-state index in [1.165, 1.54) is 13.5 Å². The third-order valence-electron chi connectivity index (χ3n) is 3.63. The maximum Gasteiger partial charge on any atom is 0.255 e. The van der Waals surface area contributed by atoms with E-state index in [1.54, 1.807) is 18.5 Å². The summed E-state index contributed by atoms with van der Waals surface area (Å²) in [6, 6.07) is 1.75. The van der Waals surface area contributed by atoms with Gasteiger partial charge in [0.15, 0.2) is 0 Å². The predicted molar refractivity (Wildman–Crippen MR) is 73.1 cm³/mol. The Morgan fingerprint density at radius 2 is 2.21 bits per heavy atom. The first-order valence-electron chi connectivity index (χ1n) is 6.77. The SMILES string of the molecule is COc1cnccc1C(=O)NC1CCCCCC1N. The lowest BCUT2D eigenvalue weighted by molar-refractivity contribution is 0.0925. The Morgan fingerprint density at radius 3 is 3.00 bits per heavy atom. The zero-order chi connectivity index (χ0) is 13.7. The molecular formula is C14H21N3O2. The van der Waals surface area contributed by atoms with Gasteiger partial charge in [0.05, 0.1) is 18.9 Å². The van der Waals surface area contributed by atoms with Crippen LogP contribution in [0.4, 0.5) is 0 Å². The fraction of sp³-hybridized carbons (Fsp3) is 0.571. The number of pyridine rings is 1. The number of nitrogens with two attached hydrogens (primary N) is 1. The zero-order valence-corrected chi connectivity index (χ0v) is 11.3. The zero-order valence-electron chi connectivity index (χ0n) is 11.3. The molecule has 1 aromatic rings. The van der Waals surface area contributed by atoms with Gasteiger partial charge in [-0.1, -0.05) is 19.3 Å². The number of ether oxygens (including phenoxy) is 1. The van der Waals surface area contributed by atoms with Crippen LogP contribution in [-0.4, -0.2) is 30.1 Å². The van der Waals surface area contributed by atoms with Gasteiger partial charge >= 0.3 is 0 Å². The van der Waals surface area contributed by atoms with Crippen LogP contribution in [0.1, 0.15) is 42.5 Å². The molecular weight excluding hydrogens is 242 g/mol. The number of rotatable bonds is 3. The lowest BCUT2D eigenvalue weighted by atomic mass is 10.0. The number of nitrogens with zero attached hydrogens (tertiary/aromatic N) is 1. The van der Waals surface area contributed by atoms with Crippen molar-refractivity contribution in [1.29, 1.82) is 0 Å². The summed E-state index contributed by atoms with van der Waals surface area (Å²) in [5.41, 5.74) is 6.63. The highest BCUT2D eigenvalue weighted by Crippen LogP contribution is 2.19. The molecule has 0 bridgehead atoms. The van der Waals surface area contributed by atoms with Gasteiger partial charge in [-0.25, -0.2) is 0 Å². The van der Waals surface area contributed by atoms with E-state index >= 15 is 0 Å². The van der Waals surface area contributed by atoms with E-state index in [2.05, 4.69) is 10.3 Å². The molecule has 1 aliphatic carbocycles. The van der Waals surface area contributed by atoms with Gasteiger partial charge in [0, 0.05) is 18.3 Å². The fourth-order valence-corrected chi connectivity index (χ4v) is 2.49. The average Bonchev–Trinajstić information content (AvgIpc) is 2.64. The van der Waals surface area contributed by atoms with Crippen LogP contribution in [0.15, 0.2) is 18.5 Å². The van der Waals surface area contributed by atoms with Gasteiger partial charge in [0.2, 0.25) is 0 Å². The molecule has 2 unspecified atom stereocenters. The summed E-state index contributed by atoms with van der Waals surface area (Å²) in [6.45, 7) is 0. The van der Waals surface area contributed by atoms with Crippen LogP contribution in [0.5, 0.6) is 5.75 Å². The lowest BCUT2D eigenvalue weighted by Crippen LogP contribution is -2.47. The number of methoxy groups -OCH3 is 1. The van der Waals surface area contributed by atoms with E-state index in [9.17, 15) is 4.79 Å². The largest absolute Gasteiger partial charge is 0.494 e. The lowest BCUT2D eigenvalue weighted by Gasteiger charge is -2.23. The van der Waals surface area contributed by atoms with Crippen molar-refractivity contribution in [1.82, 2.24) is 10.3 Å². The van der Waals surface area contributed by atoms with Crippen LogP contribution >= 0.6 is 0 Å². The van der Waals surface area contributed by atoms with Gasteiger partial charge in [-0.3, -0.25) is 9.78 Å². The second kappa shape index (κ2) is 6.52. The summed E-state index contributed by atoms with van der Waals surface area (Å²) >= 11 is 0. The Morgan fingerprint density at radius 1 is 1.42 bits per heavy atom. The Balaban J connectivity index is 2.07. The van der Waals surface area contributed by atoms with Crippen molar-refractivity contribution in [3.8, 4) is 5.75 Å². The highest BCUT2D eigenvalue weighted by Gasteiger charge is 2.23. The van der Waals surface area contributed by atoms with Crippen LogP contribution in [0, 0.1) is 0 Å². The number of carbonyl (C=O) groups excluding carboxylic acids is 1. The van der Waals surface area contributed by atoms with Gasteiger partial charge in [0.1, 0.15) is 5.75 Å². The Bertz CT molecular complexity index is 436.